The van der Waals surface area contributed by atoms with Crippen LogP contribution in [0.4, 0.5) is 14.9 Å². The molecule has 0 bridgehead atoms. The number of aryl methyl sites for hydroxylation is 1. The minimum Gasteiger partial charge on any atom is -0.326 e. The Morgan fingerprint density at radius 1 is 1.16 bits per heavy atom. The molecule has 1 aliphatic rings. The topological polar surface area (TPSA) is 107 Å². The number of para-hydroxylation sites is 1. The summed E-state index contributed by atoms with van der Waals surface area (Å²) in [7, 11) is 0. The van der Waals surface area contributed by atoms with Gasteiger partial charge in [0.15, 0.2) is 5.82 Å². The molecule has 0 radical (unpaired) electrons. The van der Waals surface area contributed by atoms with Gasteiger partial charge in [-0.1, -0.05) is 12.1 Å². The fourth-order valence-corrected chi connectivity index (χ4v) is 3.56. The Bertz CT molecular complexity index is 1070. The summed E-state index contributed by atoms with van der Waals surface area (Å²) in [5.74, 6) is 0.330. The lowest BCUT2D eigenvalue weighted by atomic mass is 10.1. The fraction of sp³-hybridized carbons (Fsp3) is 0.286. The van der Waals surface area contributed by atoms with Crippen molar-refractivity contribution in [3.63, 3.8) is 0 Å². The molecule has 2 aromatic heterocycles. The zero-order valence-electron chi connectivity index (χ0n) is 17.0. The predicted molar refractivity (Wildman–Crippen MR) is 111 cm³/mol. The number of carbonyl (C=O) groups is 2. The van der Waals surface area contributed by atoms with E-state index in [1.807, 2.05) is 0 Å². The molecule has 31 heavy (non-hydrogen) atoms. The van der Waals surface area contributed by atoms with Crippen molar-refractivity contribution in [3.05, 3.63) is 71.8 Å². The summed E-state index contributed by atoms with van der Waals surface area (Å²) in [4.78, 5) is 37.7. The summed E-state index contributed by atoms with van der Waals surface area (Å²) < 4.78 is 14.0. The second-order valence-corrected chi connectivity index (χ2v) is 7.24. The largest absolute Gasteiger partial charge is 0.326 e. The highest BCUT2D eigenvalue weighted by Gasteiger charge is 2.34. The molecular formula is C21H22FN7O2. The van der Waals surface area contributed by atoms with E-state index in [1.54, 1.807) is 53.4 Å². The first-order chi connectivity index (χ1) is 15.0. The van der Waals surface area contributed by atoms with E-state index in [-0.39, 0.29) is 18.1 Å². The zero-order chi connectivity index (χ0) is 21.8. The van der Waals surface area contributed by atoms with Crippen LogP contribution in [-0.2, 0) is 0 Å². The molecule has 1 fully saturated rings. The average molecular weight is 423 g/mol. The number of urea groups is 1. The van der Waals surface area contributed by atoms with Crippen LogP contribution in [0.5, 0.6) is 0 Å². The highest BCUT2D eigenvalue weighted by molar-refractivity contribution is 5.94. The fourth-order valence-electron chi connectivity index (χ4n) is 3.56. The van der Waals surface area contributed by atoms with Gasteiger partial charge in [-0.15, -0.1) is 0 Å². The Morgan fingerprint density at radius 3 is 2.65 bits per heavy atom. The van der Waals surface area contributed by atoms with Crippen LogP contribution in [0.15, 0.2) is 48.8 Å². The number of nitrogens with one attached hydrogen (secondary N) is 2. The van der Waals surface area contributed by atoms with E-state index in [4.69, 9.17) is 0 Å². The van der Waals surface area contributed by atoms with E-state index in [0.717, 1.165) is 0 Å². The van der Waals surface area contributed by atoms with Crippen molar-refractivity contribution < 1.29 is 14.0 Å². The zero-order valence-corrected chi connectivity index (χ0v) is 17.0. The van der Waals surface area contributed by atoms with Gasteiger partial charge in [0.25, 0.3) is 5.91 Å². The Balaban J connectivity index is 1.60. The SMILES string of the molecule is Cc1nc(C2CN(C(=O)Nc3ccccc3F)CCCN2C(=O)c2ccncc2)n[nH]1. The number of anilines is 1. The van der Waals surface area contributed by atoms with E-state index in [9.17, 15) is 14.0 Å². The Morgan fingerprint density at radius 2 is 1.94 bits per heavy atom. The van der Waals surface area contributed by atoms with Crippen LogP contribution in [0.1, 0.15) is 34.5 Å². The van der Waals surface area contributed by atoms with Crippen molar-refractivity contribution in [2.75, 3.05) is 25.0 Å². The van der Waals surface area contributed by atoms with Gasteiger partial charge in [-0.2, -0.15) is 5.10 Å². The summed E-state index contributed by atoms with van der Waals surface area (Å²) >= 11 is 0. The number of carbonyl (C=O) groups excluding carboxylic acids is 2. The first-order valence-corrected chi connectivity index (χ1v) is 9.93. The summed E-state index contributed by atoms with van der Waals surface area (Å²) in [6.07, 6.45) is 3.68. The molecule has 2 N–H and O–H groups in total. The molecule has 1 atom stereocenters. The molecule has 4 rings (SSSR count). The number of H-pyrrole nitrogens is 1. The predicted octanol–water partition coefficient (Wildman–Crippen LogP) is 2.77. The summed E-state index contributed by atoms with van der Waals surface area (Å²) in [5, 5.41) is 9.65. The highest BCUT2D eigenvalue weighted by Crippen LogP contribution is 2.25. The van der Waals surface area contributed by atoms with E-state index in [2.05, 4.69) is 25.5 Å². The molecule has 3 aromatic rings. The van der Waals surface area contributed by atoms with Crippen LogP contribution >= 0.6 is 0 Å². The number of nitrogens with zero attached hydrogens (tertiary/aromatic N) is 5. The van der Waals surface area contributed by atoms with Crippen LogP contribution in [0.2, 0.25) is 0 Å². The van der Waals surface area contributed by atoms with Gasteiger partial charge in [0.2, 0.25) is 0 Å². The van der Waals surface area contributed by atoms with Crippen molar-refractivity contribution in [2.45, 2.75) is 19.4 Å². The third-order valence-corrected chi connectivity index (χ3v) is 5.10. The maximum Gasteiger partial charge on any atom is 0.322 e. The molecule has 1 saturated heterocycles. The molecule has 3 amide bonds. The maximum absolute atomic E-state index is 14.0. The number of hydrogen-bond donors (Lipinski definition) is 2. The standard InChI is InChI=1S/C21H22FN7O2/c1-14-24-19(27-26-14)18-13-28(21(31)25-17-6-3-2-5-16(17)22)11-4-12-29(18)20(30)15-7-9-23-10-8-15/h2-3,5-10,18H,4,11-13H2,1H3,(H,25,31)(H,24,26,27). The van der Waals surface area contributed by atoms with E-state index >= 15 is 0 Å². The van der Waals surface area contributed by atoms with E-state index in [0.29, 0.717) is 36.7 Å². The van der Waals surface area contributed by atoms with Crippen LogP contribution in [-0.4, -0.2) is 61.5 Å². The van der Waals surface area contributed by atoms with Gasteiger partial charge in [-0.25, -0.2) is 14.2 Å². The Labute approximate surface area is 178 Å². The first kappa shape index (κ1) is 20.5. The van der Waals surface area contributed by atoms with Gasteiger partial charge in [-0.05, 0) is 37.6 Å². The molecular weight excluding hydrogens is 401 g/mol. The molecule has 3 heterocycles. The first-order valence-electron chi connectivity index (χ1n) is 9.93. The van der Waals surface area contributed by atoms with Crippen LogP contribution in [0.25, 0.3) is 0 Å². The number of rotatable bonds is 3. The normalized spacial score (nSPS) is 16.6. The van der Waals surface area contributed by atoms with Crippen LogP contribution in [0.3, 0.4) is 0 Å². The van der Waals surface area contributed by atoms with Gasteiger partial charge in [0, 0.05) is 31.0 Å². The summed E-state index contributed by atoms with van der Waals surface area (Å²) in [6.45, 7) is 2.77. The summed E-state index contributed by atoms with van der Waals surface area (Å²) in [5.41, 5.74) is 0.600. The number of amides is 3. The highest BCUT2D eigenvalue weighted by atomic mass is 19.1. The second-order valence-electron chi connectivity index (χ2n) is 7.24. The Kier molecular flexibility index (Phi) is 5.87. The molecule has 1 aromatic carbocycles. The van der Waals surface area contributed by atoms with Crippen LogP contribution in [0, 0.1) is 12.7 Å². The molecule has 1 unspecified atom stereocenters. The number of halogens is 1. The van der Waals surface area contributed by atoms with Crippen molar-refractivity contribution in [2.24, 2.45) is 0 Å². The Hall–Kier alpha value is -3.82. The van der Waals surface area contributed by atoms with E-state index in [1.165, 1.54) is 12.1 Å². The van der Waals surface area contributed by atoms with Gasteiger partial charge in [-0.3, -0.25) is 14.9 Å². The monoisotopic (exact) mass is 423 g/mol. The quantitative estimate of drug-likeness (QED) is 0.674. The summed E-state index contributed by atoms with van der Waals surface area (Å²) in [6, 6.07) is 8.29. The number of benzene rings is 1. The molecule has 0 aliphatic carbocycles. The lowest BCUT2D eigenvalue weighted by Gasteiger charge is -2.30. The van der Waals surface area contributed by atoms with Crippen molar-refractivity contribution >= 4 is 17.6 Å². The number of aromatic nitrogens is 4. The lowest BCUT2D eigenvalue weighted by molar-refractivity contribution is 0.0671. The molecule has 10 heteroatoms. The molecule has 9 nitrogen and oxygen atoms in total. The third-order valence-electron chi connectivity index (χ3n) is 5.10. The second kappa shape index (κ2) is 8.90. The smallest absolute Gasteiger partial charge is 0.322 e. The van der Waals surface area contributed by atoms with Crippen molar-refractivity contribution in [1.29, 1.82) is 0 Å². The molecule has 160 valence electrons. The van der Waals surface area contributed by atoms with Gasteiger partial charge >= 0.3 is 6.03 Å². The lowest BCUT2D eigenvalue weighted by Crippen LogP contribution is -2.42. The van der Waals surface area contributed by atoms with E-state index < -0.39 is 17.9 Å². The van der Waals surface area contributed by atoms with Gasteiger partial charge in [0.1, 0.15) is 17.7 Å². The van der Waals surface area contributed by atoms with Crippen molar-refractivity contribution in [3.8, 4) is 0 Å². The minimum atomic E-state index is -0.556. The van der Waals surface area contributed by atoms with Crippen LogP contribution < -0.4 is 5.32 Å². The average Bonchev–Trinajstić information content (AvgIpc) is 3.09. The third kappa shape index (κ3) is 4.52. The molecule has 1 aliphatic heterocycles. The number of hydrogen-bond acceptors (Lipinski definition) is 5. The maximum atomic E-state index is 14.0. The minimum absolute atomic E-state index is 0.103. The van der Waals surface area contributed by atoms with Crippen molar-refractivity contribution in [1.82, 2.24) is 30.0 Å². The number of pyridine rings is 1. The molecule has 0 spiro atoms. The number of aromatic amines is 1. The molecule has 0 saturated carbocycles. The van der Waals surface area contributed by atoms with Gasteiger partial charge in [0.05, 0.1) is 12.2 Å². The van der Waals surface area contributed by atoms with Gasteiger partial charge < -0.3 is 15.1 Å².